The lowest BCUT2D eigenvalue weighted by Crippen LogP contribution is -2.37. The van der Waals surface area contributed by atoms with Crippen LogP contribution < -0.4 is 11.1 Å². The van der Waals surface area contributed by atoms with Crippen LogP contribution in [0.4, 0.5) is 4.79 Å². The minimum atomic E-state index is -0.819. The summed E-state index contributed by atoms with van der Waals surface area (Å²) < 4.78 is 0. The highest BCUT2D eigenvalue weighted by molar-refractivity contribution is 5.93. The first-order valence-corrected chi connectivity index (χ1v) is 7.47. The first kappa shape index (κ1) is 16.7. The summed E-state index contributed by atoms with van der Waals surface area (Å²) in [5.74, 6) is -0.371. The molecule has 2 aromatic carbocycles. The van der Waals surface area contributed by atoms with Gasteiger partial charge in [0.05, 0.1) is 6.04 Å². The maximum Gasteiger partial charge on any atom is 0.318 e. The van der Waals surface area contributed by atoms with E-state index in [1.165, 1.54) is 0 Å². The zero-order chi connectivity index (χ0) is 16.7. The molecule has 0 aliphatic carbocycles. The standard InChI is InChI=1S/C18H21N3O2/c1-21(13-12-16(22)20-18(19)23)17(14-8-4-2-5-9-14)15-10-6-3-7-11-15/h2-11,17H,12-13H2,1H3,(H3,19,20,22,23). The predicted octanol–water partition coefficient (Wildman–Crippen LogP) is 2.29. The lowest BCUT2D eigenvalue weighted by Gasteiger charge is -2.29. The highest BCUT2D eigenvalue weighted by Crippen LogP contribution is 2.27. The second kappa shape index (κ2) is 8.10. The molecular formula is C18H21N3O2. The quantitative estimate of drug-likeness (QED) is 0.859. The van der Waals surface area contributed by atoms with Gasteiger partial charge in [0.15, 0.2) is 0 Å². The Kier molecular flexibility index (Phi) is 5.88. The Hall–Kier alpha value is -2.66. The SMILES string of the molecule is CN(CCC(=O)NC(N)=O)C(c1ccccc1)c1ccccc1. The second-order valence-electron chi connectivity index (χ2n) is 5.37. The number of nitrogens with zero attached hydrogens (tertiary/aromatic N) is 1. The molecule has 0 heterocycles. The Morgan fingerprint density at radius 3 is 1.91 bits per heavy atom. The van der Waals surface area contributed by atoms with E-state index < -0.39 is 6.03 Å². The minimum Gasteiger partial charge on any atom is -0.351 e. The summed E-state index contributed by atoms with van der Waals surface area (Å²) in [4.78, 5) is 24.4. The maximum atomic E-state index is 11.6. The molecule has 0 bridgehead atoms. The van der Waals surface area contributed by atoms with Crippen LogP contribution in [-0.2, 0) is 4.79 Å². The van der Waals surface area contributed by atoms with E-state index in [9.17, 15) is 9.59 Å². The highest BCUT2D eigenvalue weighted by atomic mass is 16.2. The van der Waals surface area contributed by atoms with Gasteiger partial charge in [-0.1, -0.05) is 60.7 Å². The molecule has 0 radical (unpaired) electrons. The summed E-state index contributed by atoms with van der Waals surface area (Å²) in [6.07, 6.45) is 0.204. The van der Waals surface area contributed by atoms with Crippen LogP contribution in [0.5, 0.6) is 0 Å². The third-order valence-electron chi connectivity index (χ3n) is 3.63. The number of hydrogen-bond acceptors (Lipinski definition) is 3. The molecule has 120 valence electrons. The van der Waals surface area contributed by atoms with Gasteiger partial charge in [0.2, 0.25) is 5.91 Å². The molecule has 0 atom stereocenters. The normalized spacial score (nSPS) is 10.7. The number of carbonyl (C=O) groups excluding carboxylic acids is 2. The summed E-state index contributed by atoms with van der Waals surface area (Å²) in [5, 5.41) is 2.09. The van der Waals surface area contributed by atoms with Crippen LogP contribution in [-0.4, -0.2) is 30.4 Å². The Morgan fingerprint density at radius 1 is 1.00 bits per heavy atom. The van der Waals surface area contributed by atoms with Crippen LogP contribution in [0.25, 0.3) is 0 Å². The summed E-state index contributed by atoms with van der Waals surface area (Å²) in [7, 11) is 1.96. The third-order valence-corrected chi connectivity index (χ3v) is 3.63. The van der Waals surface area contributed by atoms with Crippen molar-refractivity contribution in [2.24, 2.45) is 5.73 Å². The molecule has 3 amide bonds. The van der Waals surface area contributed by atoms with Crippen molar-refractivity contribution in [2.75, 3.05) is 13.6 Å². The Morgan fingerprint density at radius 2 is 1.48 bits per heavy atom. The summed E-state index contributed by atoms with van der Waals surface area (Å²) in [5.41, 5.74) is 7.26. The first-order chi connectivity index (χ1) is 11.1. The van der Waals surface area contributed by atoms with Crippen LogP contribution in [0.15, 0.2) is 60.7 Å². The lowest BCUT2D eigenvalue weighted by atomic mass is 9.97. The molecule has 0 aliphatic rings. The van der Waals surface area contributed by atoms with Crippen molar-refractivity contribution in [1.29, 1.82) is 0 Å². The zero-order valence-electron chi connectivity index (χ0n) is 13.1. The van der Waals surface area contributed by atoms with Gasteiger partial charge in [-0.3, -0.25) is 15.0 Å². The van der Waals surface area contributed by atoms with Crippen molar-refractivity contribution >= 4 is 11.9 Å². The monoisotopic (exact) mass is 311 g/mol. The van der Waals surface area contributed by atoms with Crippen molar-refractivity contribution in [3.63, 3.8) is 0 Å². The van der Waals surface area contributed by atoms with Crippen molar-refractivity contribution in [1.82, 2.24) is 10.2 Å². The molecule has 2 rings (SSSR count). The smallest absolute Gasteiger partial charge is 0.318 e. The van der Waals surface area contributed by atoms with E-state index in [-0.39, 0.29) is 18.4 Å². The van der Waals surface area contributed by atoms with Gasteiger partial charge in [0.1, 0.15) is 0 Å². The first-order valence-electron chi connectivity index (χ1n) is 7.47. The van der Waals surface area contributed by atoms with Gasteiger partial charge in [0, 0.05) is 13.0 Å². The highest BCUT2D eigenvalue weighted by Gasteiger charge is 2.19. The molecule has 2 aromatic rings. The minimum absolute atomic E-state index is 0.0405. The summed E-state index contributed by atoms with van der Waals surface area (Å²) >= 11 is 0. The Labute approximate surface area is 136 Å². The number of hydrogen-bond donors (Lipinski definition) is 2. The zero-order valence-corrected chi connectivity index (χ0v) is 13.1. The summed E-state index contributed by atoms with van der Waals surface area (Å²) in [6, 6.07) is 19.4. The molecule has 23 heavy (non-hydrogen) atoms. The van der Waals surface area contributed by atoms with Crippen molar-refractivity contribution in [3.05, 3.63) is 71.8 Å². The van der Waals surface area contributed by atoms with Crippen LogP contribution in [0, 0.1) is 0 Å². The molecule has 0 unspecified atom stereocenters. The molecule has 5 heteroatoms. The van der Waals surface area contributed by atoms with E-state index in [4.69, 9.17) is 5.73 Å². The van der Waals surface area contributed by atoms with E-state index in [1.807, 2.05) is 43.4 Å². The summed E-state index contributed by atoms with van der Waals surface area (Å²) in [6.45, 7) is 0.508. The van der Waals surface area contributed by atoms with Gasteiger partial charge in [-0.2, -0.15) is 0 Å². The van der Waals surface area contributed by atoms with Crippen LogP contribution in [0.1, 0.15) is 23.6 Å². The molecule has 0 spiro atoms. The Bertz CT molecular complexity index is 604. The van der Waals surface area contributed by atoms with Crippen LogP contribution in [0.2, 0.25) is 0 Å². The number of nitrogens with one attached hydrogen (secondary N) is 1. The van der Waals surface area contributed by atoms with E-state index in [1.54, 1.807) is 0 Å². The van der Waals surface area contributed by atoms with Crippen LogP contribution in [0.3, 0.4) is 0 Å². The van der Waals surface area contributed by atoms with E-state index in [2.05, 4.69) is 34.5 Å². The number of urea groups is 1. The van der Waals surface area contributed by atoms with Gasteiger partial charge in [-0.15, -0.1) is 0 Å². The topological polar surface area (TPSA) is 75.4 Å². The molecule has 5 nitrogen and oxygen atoms in total. The number of nitrogens with two attached hydrogens (primary N) is 1. The molecule has 3 N–H and O–H groups in total. The maximum absolute atomic E-state index is 11.6. The second-order valence-corrected chi connectivity index (χ2v) is 5.37. The number of amides is 3. The average molecular weight is 311 g/mol. The van der Waals surface area contributed by atoms with Crippen molar-refractivity contribution in [3.8, 4) is 0 Å². The molecule has 0 aliphatic heterocycles. The van der Waals surface area contributed by atoms with Crippen molar-refractivity contribution < 1.29 is 9.59 Å². The van der Waals surface area contributed by atoms with Crippen LogP contribution >= 0.6 is 0 Å². The fourth-order valence-electron chi connectivity index (χ4n) is 2.58. The Balaban J connectivity index is 2.14. The average Bonchev–Trinajstić information content (AvgIpc) is 2.55. The van der Waals surface area contributed by atoms with E-state index >= 15 is 0 Å². The van der Waals surface area contributed by atoms with E-state index in [0.29, 0.717) is 6.54 Å². The largest absolute Gasteiger partial charge is 0.351 e. The number of imide groups is 1. The lowest BCUT2D eigenvalue weighted by molar-refractivity contribution is -0.120. The van der Waals surface area contributed by atoms with Gasteiger partial charge in [-0.25, -0.2) is 4.79 Å². The number of benzene rings is 2. The molecule has 0 saturated carbocycles. The molecule has 0 saturated heterocycles. The molecular weight excluding hydrogens is 290 g/mol. The van der Waals surface area contributed by atoms with Crippen molar-refractivity contribution in [2.45, 2.75) is 12.5 Å². The number of primary amides is 1. The van der Waals surface area contributed by atoms with Gasteiger partial charge < -0.3 is 5.73 Å². The van der Waals surface area contributed by atoms with Gasteiger partial charge >= 0.3 is 6.03 Å². The van der Waals surface area contributed by atoms with Gasteiger partial charge in [0.25, 0.3) is 0 Å². The van der Waals surface area contributed by atoms with E-state index in [0.717, 1.165) is 11.1 Å². The fraction of sp³-hybridized carbons (Fsp3) is 0.222. The molecule has 0 aromatic heterocycles. The third kappa shape index (κ3) is 4.93. The number of rotatable bonds is 6. The predicted molar refractivity (Wildman–Crippen MR) is 89.7 cm³/mol. The number of carbonyl (C=O) groups is 2. The molecule has 0 fully saturated rings. The van der Waals surface area contributed by atoms with Gasteiger partial charge in [-0.05, 0) is 18.2 Å². The fourth-order valence-corrected chi connectivity index (χ4v) is 2.58.